The first-order valence-corrected chi connectivity index (χ1v) is 6.81. The summed E-state index contributed by atoms with van der Waals surface area (Å²) in [5.41, 5.74) is 0.452. The van der Waals surface area contributed by atoms with Gasteiger partial charge in [-0.05, 0) is 44.9 Å². The summed E-state index contributed by atoms with van der Waals surface area (Å²) >= 11 is 0. The number of amides is 1. The van der Waals surface area contributed by atoms with Crippen molar-refractivity contribution < 1.29 is 19.4 Å². The highest BCUT2D eigenvalue weighted by atomic mass is 16.5. The van der Waals surface area contributed by atoms with Crippen molar-refractivity contribution >= 4 is 11.9 Å². The molecule has 0 aromatic heterocycles. The molecular formula is C15H19NO4. The quantitative estimate of drug-likeness (QED) is 0.917. The Balaban J connectivity index is 2.32. The summed E-state index contributed by atoms with van der Waals surface area (Å²) in [6.45, 7) is 5.18. The maximum atomic E-state index is 12.3. The number of carboxylic acid groups (broad SMARTS) is 1. The van der Waals surface area contributed by atoms with Crippen LogP contribution in [0, 0.1) is 0 Å². The van der Waals surface area contributed by atoms with Crippen LogP contribution in [0.3, 0.4) is 0 Å². The molecule has 0 bridgehead atoms. The molecule has 1 fully saturated rings. The number of carbonyl (C=O) groups is 2. The van der Waals surface area contributed by atoms with E-state index in [-0.39, 0.29) is 17.6 Å². The Bertz CT molecular complexity index is 519. The maximum absolute atomic E-state index is 12.3. The lowest BCUT2D eigenvalue weighted by atomic mass is 10.1. The molecule has 5 nitrogen and oxygen atoms in total. The van der Waals surface area contributed by atoms with E-state index in [4.69, 9.17) is 9.84 Å². The van der Waals surface area contributed by atoms with Gasteiger partial charge in [-0.2, -0.15) is 0 Å². The second-order valence-corrected chi connectivity index (χ2v) is 5.22. The summed E-state index contributed by atoms with van der Waals surface area (Å²) < 4.78 is 5.52. The van der Waals surface area contributed by atoms with Crippen LogP contribution in [-0.2, 0) is 0 Å². The summed E-state index contributed by atoms with van der Waals surface area (Å²) in [6.07, 6.45) is 1.92. The Hall–Kier alpha value is -2.04. The first-order valence-electron chi connectivity index (χ1n) is 6.81. The van der Waals surface area contributed by atoms with Gasteiger partial charge in [0.15, 0.2) is 0 Å². The van der Waals surface area contributed by atoms with Crippen LogP contribution in [0.2, 0.25) is 0 Å². The average Bonchev–Trinajstić information content (AvgIpc) is 2.90. The number of nitrogens with zero attached hydrogens (tertiary/aromatic N) is 1. The van der Waals surface area contributed by atoms with Crippen molar-refractivity contribution in [2.45, 2.75) is 32.8 Å². The van der Waals surface area contributed by atoms with E-state index < -0.39 is 5.97 Å². The number of ether oxygens (including phenoxy) is 1. The van der Waals surface area contributed by atoms with Crippen LogP contribution in [-0.4, -0.2) is 41.1 Å². The Morgan fingerprint density at radius 3 is 2.30 bits per heavy atom. The van der Waals surface area contributed by atoms with Gasteiger partial charge in [-0.15, -0.1) is 0 Å². The molecule has 0 saturated carbocycles. The van der Waals surface area contributed by atoms with E-state index in [0.717, 1.165) is 25.9 Å². The van der Waals surface area contributed by atoms with E-state index in [9.17, 15) is 9.59 Å². The Labute approximate surface area is 118 Å². The van der Waals surface area contributed by atoms with Gasteiger partial charge in [-0.1, -0.05) is 0 Å². The minimum absolute atomic E-state index is 0.0747. The molecule has 20 heavy (non-hydrogen) atoms. The number of hydrogen-bond acceptors (Lipinski definition) is 3. The molecule has 1 aromatic carbocycles. The van der Waals surface area contributed by atoms with Crippen LogP contribution in [0.15, 0.2) is 18.2 Å². The van der Waals surface area contributed by atoms with Crippen molar-refractivity contribution in [3.05, 3.63) is 29.3 Å². The van der Waals surface area contributed by atoms with Gasteiger partial charge in [0.2, 0.25) is 0 Å². The highest BCUT2D eigenvalue weighted by Crippen LogP contribution is 2.21. The number of aromatic carboxylic acids is 1. The topological polar surface area (TPSA) is 66.8 Å². The largest absolute Gasteiger partial charge is 0.491 e. The van der Waals surface area contributed by atoms with Gasteiger partial charge in [0.25, 0.3) is 5.91 Å². The van der Waals surface area contributed by atoms with Crippen molar-refractivity contribution in [3.8, 4) is 5.75 Å². The van der Waals surface area contributed by atoms with E-state index in [0.29, 0.717) is 11.3 Å². The summed E-state index contributed by atoms with van der Waals surface area (Å²) in [7, 11) is 0. The van der Waals surface area contributed by atoms with Gasteiger partial charge in [0, 0.05) is 18.7 Å². The third-order valence-corrected chi connectivity index (χ3v) is 3.17. The minimum Gasteiger partial charge on any atom is -0.491 e. The number of likely N-dealkylation sites (tertiary alicyclic amines) is 1. The summed E-state index contributed by atoms with van der Waals surface area (Å²) in [5, 5.41) is 9.13. The zero-order chi connectivity index (χ0) is 14.7. The molecule has 0 radical (unpaired) electrons. The number of rotatable bonds is 4. The van der Waals surface area contributed by atoms with Crippen LogP contribution >= 0.6 is 0 Å². The third kappa shape index (κ3) is 3.29. The fourth-order valence-corrected chi connectivity index (χ4v) is 2.29. The molecule has 1 aromatic rings. The van der Waals surface area contributed by atoms with Crippen molar-refractivity contribution in [1.29, 1.82) is 0 Å². The van der Waals surface area contributed by atoms with Crippen LogP contribution in [0.5, 0.6) is 5.75 Å². The lowest BCUT2D eigenvalue weighted by molar-refractivity contribution is 0.0696. The lowest BCUT2D eigenvalue weighted by Gasteiger charge is -2.17. The van der Waals surface area contributed by atoms with Gasteiger partial charge < -0.3 is 14.7 Å². The van der Waals surface area contributed by atoms with Crippen LogP contribution < -0.4 is 4.74 Å². The molecular weight excluding hydrogens is 258 g/mol. The van der Waals surface area contributed by atoms with E-state index in [2.05, 4.69) is 0 Å². The number of hydrogen-bond donors (Lipinski definition) is 1. The van der Waals surface area contributed by atoms with Crippen LogP contribution in [0.25, 0.3) is 0 Å². The van der Waals surface area contributed by atoms with Gasteiger partial charge in [-0.25, -0.2) is 4.79 Å². The molecule has 0 aliphatic carbocycles. The molecule has 5 heteroatoms. The molecule has 108 valence electrons. The molecule has 1 heterocycles. The van der Waals surface area contributed by atoms with Crippen molar-refractivity contribution in [1.82, 2.24) is 4.90 Å². The van der Waals surface area contributed by atoms with Crippen LogP contribution in [0.4, 0.5) is 0 Å². The fourth-order valence-electron chi connectivity index (χ4n) is 2.29. The first-order chi connectivity index (χ1) is 9.47. The van der Waals surface area contributed by atoms with Crippen LogP contribution in [0.1, 0.15) is 47.4 Å². The fraction of sp³-hybridized carbons (Fsp3) is 0.467. The van der Waals surface area contributed by atoms with Gasteiger partial charge in [0.05, 0.1) is 11.7 Å². The monoisotopic (exact) mass is 277 g/mol. The van der Waals surface area contributed by atoms with E-state index in [1.807, 2.05) is 13.8 Å². The normalized spacial score (nSPS) is 14.7. The van der Waals surface area contributed by atoms with Gasteiger partial charge in [-0.3, -0.25) is 4.79 Å². The first kappa shape index (κ1) is 14.4. The average molecular weight is 277 g/mol. The van der Waals surface area contributed by atoms with Crippen molar-refractivity contribution in [2.75, 3.05) is 13.1 Å². The SMILES string of the molecule is CC(C)Oc1cc(C(=O)O)cc(C(=O)N2CCCC2)c1. The Kier molecular flexibility index (Phi) is 4.27. The second-order valence-electron chi connectivity index (χ2n) is 5.22. The van der Waals surface area contributed by atoms with Gasteiger partial charge in [0.1, 0.15) is 5.75 Å². The molecule has 1 amide bonds. The highest BCUT2D eigenvalue weighted by molar-refractivity contribution is 5.98. The third-order valence-electron chi connectivity index (χ3n) is 3.17. The molecule has 1 aliphatic heterocycles. The lowest BCUT2D eigenvalue weighted by Crippen LogP contribution is -2.27. The Morgan fingerprint density at radius 1 is 1.15 bits per heavy atom. The predicted molar refractivity (Wildman–Crippen MR) is 74.3 cm³/mol. The summed E-state index contributed by atoms with van der Waals surface area (Å²) in [6, 6.07) is 4.48. The summed E-state index contributed by atoms with van der Waals surface area (Å²) in [4.78, 5) is 25.2. The molecule has 1 N–H and O–H groups in total. The minimum atomic E-state index is -1.06. The second kappa shape index (κ2) is 5.94. The zero-order valence-corrected chi connectivity index (χ0v) is 11.8. The van der Waals surface area contributed by atoms with Crippen molar-refractivity contribution in [2.24, 2.45) is 0 Å². The zero-order valence-electron chi connectivity index (χ0n) is 11.8. The maximum Gasteiger partial charge on any atom is 0.335 e. The molecule has 1 saturated heterocycles. The van der Waals surface area contributed by atoms with E-state index in [1.165, 1.54) is 12.1 Å². The smallest absolute Gasteiger partial charge is 0.335 e. The highest BCUT2D eigenvalue weighted by Gasteiger charge is 2.21. The van der Waals surface area contributed by atoms with Gasteiger partial charge >= 0.3 is 5.97 Å². The molecule has 0 spiro atoms. The van der Waals surface area contributed by atoms with E-state index in [1.54, 1.807) is 11.0 Å². The Morgan fingerprint density at radius 2 is 1.75 bits per heavy atom. The van der Waals surface area contributed by atoms with E-state index >= 15 is 0 Å². The van der Waals surface area contributed by atoms with Crippen molar-refractivity contribution in [3.63, 3.8) is 0 Å². The predicted octanol–water partition coefficient (Wildman–Crippen LogP) is 2.41. The molecule has 0 atom stereocenters. The molecule has 1 aliphatic rings. The summed E-state index contributed by atoms with van der Waals surface area (Å²) in [5.74, 6) is -0.767. The molecule has 2 rings (SSSR count). The number of benzene rings is 1. The standard InChI is InChI=1S/C15H19NO4/c1-10(2)20-13-8-11(7-12(9-13)15(18)19)14(17)16-5-3-4-6-16/h7-10H,3-6H2,1-2H3,(H,18,19). The number of carbonyl (C=O) groups excluding carboxylic acids is 1. The molecule has 0 unspecified atom stereocenters. The number of carboxylic acids is 1.